The normalized spacial score (nSPS) is 32.1. The first-order chi connectivity index (χ1) is 49.8. The Morgan fingerprint density at radius 2 is 0.769 bits per heavy atom. The average molecular weight is 1510 g/mol. The van der Waals surface area contributed by atoms with Gasteiger partial charge in [-0.3, -0.25) is 18.1 Å². The highest BCUT2D eigenvalue weighted by Gasteiger charge is 2.61. The Balaban J connectivity index is 0.527. The summed E-state index contributed by atoms with van der Waals surface area (Å²) in [5.41, 5.74) is 4.42. The quantitative estimate of drug-likeness (QED) is 0.0251. The third-order valence-corrected chi connectivity index (χ3v) is 28.3. The number of ether oxygens (including phenoxy) is 10. The van der Waals surface area contributed by atoms with Crippen molar-refractivity contribution in [2.75, 3.05) is 145 Å². The van der Waals surface area contributed by atoms with E-state index in [9.17, 15) is 28.5 Å². The molecule has 18 atom stereocenters. The van der Waals surface area contributed by atoms with Gasteiger partial charge in [-0.2, -0.15) is 0 Å². The summed E-state index contributed by atoms with van der Waals surface area (Å²) in [5, 5.41) is 5.72. The molecule has 0 aromatic carbocycles. The van der Waals surface area contributed by atoms with Crippen molar-refractivity contribution in [3.05, 3.63) is 23.3 Å². The molecule has 4 N–H and O–H groups in total. The molecule has 8 aliphatic rings. The predicted octanol–water partition coefficient (Wildman–Crippen LogP) is 16.3. The minimum Gasteiger partial charge on any atom is -0.446 e. The molecule has 2 amide bonds. The van der Waals surface area contributed by atoms with Gasteiger partial charge in [-0.15, -0.1) is 0 Å². The van der Waals surface area contributed by atoms with Gasteiger partial charge in [0.1, 0.15) is 12.2 Å². The van der Waals surface area contributed by atoms with E-state index in [1.54, 1.807) is 6.92 Å². The van der Waals surface area contributed by atoms with Gasteiger partial charge in [0.2, 0.25) is 0 Å². The maximum atomic E-state index is 12.8. The molecule has 24 heteroatoms. The predicted molar refractivity (Wildman–Crippen MR) is 402 cm³/mol. The van der Waals surface area contributed by atoms with Gasteiger partial charge >= 0.3 is 27.8 Å². The first-order valence-corrected chi connectivity index (χ1v) is 43.9. The molecule has 0 aromatic rings. The number of alkyl carbamates (subject to hydrolysis) is 2. The Labute approximate surface area is 626 Å². The van der Waals surface area contributed by atoms with E-state index in [2.05, 4.69) is 92.0 Å². The van der Waals surface area contributed by atoms with Crippen LogP contribution in [0, 0.1) is 98.6 Å². The van der Waals surface area contributed by atoms with Crippen LogP contribution in [0.5, 0.6) is 0 Å². The van der Waals surface area contributed by atoms with Crippen molar-refractivity contribution in [2.24, 2.45) is 98.6 Å². The number of phosphoric acid groups is 2. The second-order valence-corrected chi connectivity index (χ2v) is 37.1. The topological polar surface area (TPSA) is 262 Å². The van der Waals surface area contributed by atoms with E-state index in [-0.39, 0.29) is 101 Å². The van der Waals surface area contributed by atoms with Crippen LogP contribution in [0.3, 0.4) is 0 Å². The van der Waals surface area contributed by atoms with E-state index in [0.717, 1.165) is 110 Å². The standard InChI is InChI=1S/C80H142N2O20P2/c1-58(2)14-12-16-61(6)69-22-24-71-67-20-18-63-54-65(26-30-77(63,8)73(67)28-32-79(69,71)10)101-75(83)81-34-36-89-38-40-91-42-44-93-46-48-95-50-52-97-103(85,86)99-56-60(5)57-100-104(87,88)98-53-51-96-49-47-94-45-43-92-41-39-90-37-35-82-76(84)102-66-27-31-78(9)64(55-66)19-21-68-72-25-23-70(62(7)17-13-15-59(3)4)80(72,11)33-29-74(68)78/h18-19,58-62,65-74H,12-17,20-57H2,1-11H3,(H,81,83)(H,82,84)(H,85,86)(H,87,88)/t60?,61?,62?,65-,66-,67?,68?,69?,70?,71?,72?,73?,74?,77-,78-,79+,80+/m1/s1. The highest BCUT2D eigenvalue weighted by Crippen LogP contribution is 2.69. The fraction of sp³-hybridized carbons (Fsp3) is 0.925. The molecule has 0 heterocycles. The summed E-state index contributed by atoms with van der Waals surface area (Å²) in [6, 6.07) is 0. The fourth-order valence-corrected chi connectivity index (χ4v) is 22.5. The van der Waals surface area contributed by atoms with Crippen LogP contribution >= 0.6 is 15.6 Å². The van der Waals surface area contributed by atoms with Crippen LogP contribution in [-0.2, 0) is 74.6 Å². The summed E-state index contributed by atoms with van der Waals surface area (Å²) in [5.74, 6) is 9.07. The monoisotopic (exact) mass is 1510 g/mol. The Bertz CT molecular complexity index is 2530. The highest BCUT2D eigenvalue weighted by atomic mass is 31.2. The van der Waals surface area contributed by atoms with Crippen LogP contribution in [0.2, 0.25) is 0 Å². The number of phosphoric ester groups is 2. The van der Waals surface area contributed by atoms with Crippen LogP contribution in [0.25, 0.3) is 0 Å². The number of amides is 2. The van der Waals surface area contributed by atoms with E-state index < -0.39 is 21.6 Å². The molecule has 0 saturated heterocycles. The van der Waals surface area contributed by atoms with Crippen LogP contribution in [-0.4, -0.2) is 179 Å². The summed E-state index contributed by atoms with van der Waals surface area (Å²) >= 11 is 0. The average Bonchev–Trinajstić information content (AvgIpc) is 1.44. The number of carbonyl (C=O) groups is 2. The number of hydrogen-bond acceptors (Lipinski definition) is 18. The molecule has 22 nitrogen and oxygen atoms in total. The maximum Gasteiger partial charge on any atom is 0.472 e. The molecule has 6 fully saturated rings. The number of allylic oxidation sites excluding steroid dienone is 2. The molecule has 0 radical (unpaired) electrons. The largest absolute Gasteiger partial charge is 0.472 e. The molecule has 8 aliphatic carbocycles. The number of fused-ring (bicyclic) bond motifs is 10. The van der Waals surface area contributed by atoms with Crippen LogP contribution in [0.15, 0.2) is 23.3 Å². The van der Waals surface area contributed by atoms with Crippen molar-refractivity contribution in [3.8, 4) is 0 Å². The lowest BCUT2D eigenvalue weighted by Gasteiger charge is -2.58. The van der Waals surface area contributed by atoms with Gasteiger partial charge in [0.25, 0.3) is 0 Å². The first-order valence-electron chi connectivity index (χ1n) is 40.9. The zero-order chi connectivity index (χ0) is 74.8. The minimum atomic E-state index is -4.43. The van der Waals surface area contributed by atoms with Gasteiger partial charge in [-0.05, 0) is 183 Å². The van der Waals surface area contributed by atoms with Crippen LogP contribution in [0.4, 0.5) is 9.59 Å². The first kappa shape index (κ1) is 87.5. The number of rotatable bonds is 50. The van der Waals surface area contributed by atoms with E-state index >= 15 is 0 Å². The van der Waals surface area contributed by atoms with Gasteiger partial charge in [0.15, 0.2) is 0 Å². The number of hydrogen-bond donors (Lipinski definition) is 4. The highest BCUT2D eigenvalue weighted by molar-refractivity contribution is 7.47. The van der Waals surface area contributed by atoms with E-state index in [4.69, 9.17) is 65.5 Å². The Morgan fingerprint density at radius 3 is 1.12 bits per heavy atom. The maximum absolute atomic E-state index is 12.8. The summed E-state index contributed by atoms with van der Waals surface area (Å²) in [7, 11) is -8.86. The molecule has 0 spiro atoms. The zero-order valence-corrected chi connectivity index (χ0v) is 67.9. The van der Waals surface area contributed by atoms with Gasteiger partial charge in [-0.25, -0.2) is 18.7 Å². The summed E-state index contributed by atoms with van der Waals surface area (Å²) in [4.78, 5) is 45.8. The summed E-state index contributed by atoms with van der Waals surface area (Å²) in [6.45, 7) is 30.8. The Morgan fingerprint density at radius 1 is 0.433 bits per heavy atom. The van der Waals surface area contributed by atoms with E-state index in [1.807, 2.05) is 0 Å². The third kappa shape index (κ3) is 26.0. The lowest BCUT2D eigenvalue weighted by Crippen LogP contribution is -2.51. The van der Waals surface area contributed by atoms with Crippen LogP contribution in [0.1, 0.15) is 217 Å². The molecule has 12 unspecified atom stereocenters. The smallest absolute Gasteiger partial charge is 0.446 e. The third-order valence-electron chi connectivity index (χ3n) is 26.3. The van der Waals surface area contributed by atoms with Gasteiger partial charge < -0.3 is 67.8 Å². The second kappa shape index (κ2) is 43.1. The van der Waals surface area contributed by atoms with Gasteiger partial charge in [0.05, 0.1) is 132 Å². The van der Waals surface area contributed by atoms with Gasteiger partial charge in [-0.1, -0.05) is 138 Å². The van der Waals surface area contributed by atoms with Crippen LogP contribution < -0.4 is 10.6 Å². The molecular weight excluding hydrogens is 1370 g/mol. The zero-order valence-electron chi connectivity index (χ0n) is 66.1. The SMILES string of the molecule is CC(C)CCCC(C)C1CCC2C3CC=C4C[C@H](OC(=O)NCCOCCOCCOCCOCCOP(=O)(O)OCC(C)COP(=O)(O)OCCOCCOCCOCCOCCNC(=O)O[C@@H]5CC[C@]6(C)C(=CCC7C8CCC(C(C)CCCC(C)C)[C@]8(C)CCC76)C5)CC[C@@]4(C)C3CC[C@@]12C. The Hall–Kier alpha value is -2.08. The van der Waals surface area contributed by atoms with Crippen molar-refractivity contribution in [1.29, 1.82) is 0 Å². The summed E-state index contributed by atoms with van der Waals surface area (Å²) < 4.78 is 101. The number of nitrogens with one attached hydrogen (secondary N) is 2. The molecule has 6 saturated carbocycles. The van der Waals surface area contributed by atoms with Crippen molar-refractivity contribution < 1.29 is 94.0 Å². The van der Waals surface area contributed by atoms with Gasteiger partial charge in [0, 0.05) is 31.8 Å². The molecule has 104 heavy (non-hydrogen) atoms. The molecule has 8 rings (SSSR count). The summed E-state index contributed by atoms with van der Waals surface area (Å²) in [6.07, 6.45) is 31.4. The lowest BCUT2D eigenvalue weighted by atomic mass is 9.47. The van der Waals surface area contributed by atoms with Crippen molar-refractivity contribution in [3.63, 3.8) is 0 Å². The van der Waals surface area contributed by atoms with Crippen molar-refractivity contribution in [2.45, 2.75) is 230 Å². The van der Waals surface area contributed by atoms with E-state index in [0.29, 0.717) is 90.0 Å². The second-order valence-electron chi connectivity index (χ2n) is 34.2. The molecule has 602 valence electrons. The fourth-order valence-electron chi connectivity index (χ4n) is 20.9. The lowest BCUT2D eigenvalue weighted by molar-refractivity contribution is -0.0581. The molecular formula is C80H142N2O20P2. The number of carbonyl (C=O) groups excluding carboxylic acids is 2. The minimum absolute atomic E-state index is 0.0168. The molecule has 0 bridgehead atoms. The molecule has 0 aromatic heterocycles. The van der Waals surface area contributed by atoms with Crippen molar-refractivity contribution in [1.82, 2.24) is 10.6 Å². The molecule has 0 aliphatic heterocycles. The van der Waals surface area contributed by atoms with E-state index in [1.165, 1.54) is 114 Å². The Kier molecular flexibility index (Phi) is 36.3. The van der Waals surface area contributed by atoms with Crippen molar-refractivity contribution >= 4 is 27.8 Å².